The third kappa shape index (κ3) is 4.90. The molecule has 6 rings (SSSR count). The highest BCUT2D eigenvalue weighted by Gasteiger charge is 2.42. The molecule has 5 aliphatic rings. The van der Waals surface area contributed by atoms with Gasteiger partial charge in [-0.05, 0) is 81.9 Å². The van der Waals surface area contributed by atoms with Crippen LogP contribution < -0.4 is 9.46 Å². The summed E-state index contributed by atoms with van der Waals surface area (Å²) in [5, 5.41) is 0.428. The summed E-state index contributed by atoms with van der Waals surface area (Å²) in [5.74, 6) is 0.924. The molecule has 0 spiro atoms. The number of carbonyl (C=O) groups excluding carboxylic acids is 1. The number of carbonyl (C=O) groups is 1. The van der Waals surface area contributed by atoms with Crippen LogP contribution in [0, 0.1) is 6.92 Å². The van der Waals surface area contributed by atoms with Crippen LogP contribution in [0.1, 0.15) is 68.4 Å². The average Bonchev–Trinajstić information content (AvgIpc) is 3.65. The monoisotopic (exact) mass is 496 g/mol. The zero-order valence-corrected chi connectivity index (χ0v) is 20.7. The Kier molecular flexibility index (Phi) is 6.64. The van der Waals surface area contributed by atoms with Gasteiger partial charge in [-0.1, -0.05) is 11.6 Å². The molecule has 2 bridgehead atoms. The summed E-state index contributed by atoms with van der Waals surface area (Å²) >= 11 is 6.44. The third-order valence-electron chi connectivity index (χ3n) is 7.72. The van der Waals surface area contributed by atoms with E-state index in [4.69, 9.17) is 21.1 Å². The smallest absolute Gasteiger partial charge is 0.260 e. The molecule has 0 aromatic heterocycles. The van der Waals surface area contributed by atoms with Gasteiger partial charge in [0.25, 0.3) is 5.91 Å². The number of piperidine rings is 1. The van der Waals surface area contributed by atoms with Crippen molar-refractivity contribution in [2.75, 3.05) is 19.8 Å². The van der Waals surface area contributed by atoms with E-state index < -0.39 is 10.0 Å². The highest BCUT2D eigenvalue weighted by molar-refractivity contribution is 7.90. The fourth-order valence-electron chi connectivity index (χ4n) is 5.68. The predicted molar refractivity (Wildman–Crippen MR) is 126 cm³/mol. The number of fused-ring (bicyclic) bond motifs is 5. The Morgan fingerprint density at radius 2 is 1.85 bits per heavy atom. The van der Waals surface area contributed by atoms with Crippen molar-refractivity contribution in [2.24, 2.45) is 0 Å². The number of rotatable bonds is 3. The molecule has 1 N–H and O–H groups in total. The first-order valence-electron chi connectivity index (χ1n) is 12.2. The molecule has 7 nitrogen and oxygen atoms in total. The number of hydrogen-bond acceptors (Lipinski definition) is 5. The number of halogens is 1. The van der Waals surface area contributed by atoms with Crippen molar-refractivity contribution < 1.29 is 22.7 Å². The Hall–Kier alpha value is -1.35. The van der Waals surface area contributed by atoms with E-state index in [0.717, 1.165) is 49.0 Å². The molecule has 1 saturated heterocycles. The van der Waals surface area contributed by atoms with Crippen LogP contribution in [-0.4, -0.2) is 62.4 Å². The third-order valence-corrected chi connectivity index (χ3v) is 10.1. The van der Waals surface area contributed by atoms with Gasteiger partial charge in [0.05, 0.1) is 24.0 Å². The van der Waals surface area contributed by atoms with Crippen LogP contribution in [-0.2, 0) is 19.6 Å². The van der Waals surface area contributed by atoms with E-state index in [9.17, 15) is 13.2 Å². The molecule has 2 atom stereocenters. The Morgan fingerprint density at radius 1 is 1.09 bits per heavy atom. The van der Waals surface area contributed by atoms with Gasteiger partial charge in [-0.25, -0.2) is 13.1 Å². The zero-order chi connectivity index (χ0) is 23.2. The first-order chi connectivity index (χ1) is 15.8. The predicted octanol–water partition coefficient (Wildman–Crippen LogP) is 3.53. The molecular formula is C24H33ClN2O5S. The number of nitrogens with one attached hydrogen (secondary N) is 1. The number of sulfonamides is 1. The summed E-state index contributed by atoms with van der Waals surface area (Å²) in [5.41, 5.74) is 2.13. The van der Waals surface area contributed by atoms with E-state index in [1.165, 1.54) is 0 Å². The van der Waals surface area contributed by atoms with Gasteiger partial charge in [0.2, 0.25) is 10.0 Å². The lowest BCUT2D eigenvalue weighted by Gasteiger charge is -2.42. The molecule has 182 valence electrons. The highest BCUT2D eigenvalue weighted by Crippen LogP contribution is 2.42. The Balaban J connectivity index is 1.43. The number of nitrogens with zero attached hydrogens (tertiary/aromatic N) is 1. The van der Waals surface area contributed by atoms with E-state index in [0.29, 0.717) is 43.4 Å². The van der Waals surface area contributed by atoms with E-state index in [1.807, 2.05) is 19.1 Å². The number of amides is 1. The Bertz CT molecular complexity index is 1000. The molecule has 0 unspecified atom stereocenters. The second kappa shape index (κ2) is 9.36. The Morgan fingerprint density at radius 3 is 2.58 bits per heavy atom. The van der Waals surface area contributed by atoms with Gasteiger partial charge in [-0.15, -0.1) is 0 Å². The lowest BCUT2D eigenvalue weighted by molar-refractivity contribution is -0.140. The van der Waals surface area contributed by atoms with E-state index in [1.54, 1.807) is 4.90 Å². The van der Waals surface area contributed by atoms with E-state index in [2.05, 4.69) is 4.72 Å². The molecule has 3 aliphatic heterocycles. The van der Waals surface area contributed by atoms with Gasteiger partial charge >= 0.3 is 0 Å². The van der Waals surface area contributed by atoms with Gasteiger partial charge in [-0.2, -0.15) is 0 Å². The molecule has 9 heteroatoms. The number of ether oxygens (including phenoxy) is 2. The topological polar surface area (TPSA) is 84.9 Å². The molecule has 3 fully saturated rings. The van der Waals surface area contributed by atoms with Gasteiger partial charge < -0.3 is 14.4 Å². The largest absolute Gasteiger partial charge is 0.483 e. The molecule has 1 aromatic carbocycles. The normalized spacial score (nSPS) is 31.0. The van der Waals surface area contributed by atoms with Crippen molar-refractivity contribution in [3.63, 3.8) is 0 Å². The van der Waals surface area contributed by atoms with Gasteiger partial charge in [0.1, 0.15) is 5.75 Å². The minimum Gasteiger partial charge on any atom is -0.483 e. The van der Waals surface area contributed by atoms with E-state index >= 15 is 0 Å². The molecule has 2 aliphatic carbocycles. The average molecular weight is 497 g/mol. The lowest BCUT2D eigenvalue weighted by atomic mass is 9.80. The molecule has 2 saturated carbocycles. The van der Waals surface area contributed by atoms with Crippen molar-refractivity contribution in [3.05, 3.63) is 28.3 Å². The van der Waals surface area contributed by atoms with Crippen molar-refractivity contribution >= 4 is 27.5 Å². The van der Waals surface area contributed by atoms with Crippen LogP contribution in [0.5, 0.6) is 5.75 Å². The highest BCUT2D eigenvalue weighted by atomic mass is 35.5. The van der Waals surface area contributed by atoms with Gasteiger partial charge in [-0.3, -0.25) is 4.79 Å². The molecule has 33 heavy (non-hydrogen) atoms. The maximum atomic E-state index is 13.3. The van der Waals surface area contributed by atoms with Crippen LogP contribution in [0.4, 0.5) is 0 Å². The van der Waals surface area contributed by atoms with Crippen LogP contribution in [0.3, 0.4) is 0 Å². The summed E-state index contributed by atoms with van der Waals surface area (Å²) in [6.07, 6.45) is 6.80. The summed E-state index contributed by atoms with van der Waals surface area (Å²) < 4.78 is 40.7. The second-order valence-electron chi connectivity index (χ2n) is 9.95. The maximum absolute atomic E-state index is 13.3. The summed E-state index contributed by atoms with van der Waals surface area (Å²) in [4.78, 5) is 15.1. The molecule has 0 radical (unpaired) electrons. The molecule has 3 heterocycles. The zero-order valence-electron chi connectivity index (χ0n) is 19.1. The first kappa shape index (κ1) is 23.4. The number of benzene rings is 1. The van der Waals surface area contributed by atoms with Crippen molar-refractivity contribution in [2.45, 2.75) is 87.6 Å². The fraction of sp³-hybridized carbons (Fsp3) is 0.708. The summed E-state index contributed by atoms with van der Waals surface area (Å²) in [7, 11) is -3.36. The molecule has 1 amide bonds. The quantitative estimate of drug-likeness (QED) is 0.692. The minimum absolute atomic E-state index is 0.0805. The van der Waals surface area contributed by atoms with Crippen LogP contribution >= 0.6 is 11.6 Å². The van der Waals surface area contributed by atoms with Crippen LogP contribution in [0.25, 0.3) is 0 Å². The summed E-state index contributed by atoms with van der Waals surface area (Å²) in [6.45, 7) is 2.86. The van der Waals surface area contributed by atoms with Crippen molar-refractivity contribution in [1.29, 1.82) is 0 Å². The maximum Gasteiger partial charge on any atom is 0.260 e. The van der Waals surface area contributed by atoms with Crippen LogP contribution in [0.2, 0.25) is 5.02 Å². The van der Waals surface area contributed by atoms with Crippen molar-refractivity contribution in [1.82, 2.24) is 9.62 Å². The number of hydrogen-bond donors (Lipinski definition) is 1. The SMILES string of the molecule is Cc1c(Cl)ccc2c1[C@H]1CC[C@H](CC1)OC[C@H]1[C@@H](NS(=O)(=O)C3CC3)CCCN1C(=O)CO2. The van der Waals surface area contributed by atoms with E-state index in [-0.39, 0.29) is 36.0 Å². The first-order valence-corrected chi connectivity index (χ1v) is 14.1. The van der Waals surface area contributed by atoms with Gasteiger partial charge in [0.15, 0.2) is 6.61 Å². The minimum atomic E-state index is -3.36. The van der Waals surface area contributed by atoms with Crippen molar-refractivity contribution in [3.8, 4) is 5.75 Å². The molecule has 1 aromatic rings. The Labute approximate surface area is 201 Å². The summed E-state index contributed by atoms with van der Waals surface area (Å²) in [6, 6.07) is 3.05. The molecular weight excluding hydrogens is 464 g/mol. The fourth-order valence-corrected chi connectivity index (χ4v) is 7.49. The van der Waals surface area contributed by atoms with Gasteiger partial charge in [0, 0.05) is 23.2 Å². The van der Waals surface area contributed by atoms with Crippen LogP contribution in [0.15, 0.2) is 12.1 Å². The standard InChI is InChI=1S/C24H33ClN2O5S/c1-15-19(25)10-11-22-24(15)16-4-6-17(7-5-16)31-13-21-20(26-33(29,30)18-8-9-18)3-2-12-27(21)23(28)14-32-22/h10-11,16-18,20-21,26H,2-9,12-14H2,1H3/t16-,17+,20-,21-/m0/s1. The lowest BCUT2D eigenvalue weighted by Crippen LogP contribution is -2.60. The second-order valence-corrected chi connectivity index (χ2v) is 12.3.